The molecule has 1 aliphatic rings. The minimum atomic E-state index is -2.54. The Morgan fingerprint density at radius 1 is 1.36 bits per heavy atom. The number of carbonyl (C=O) groups is 1. The molecule has 25 heavy (non-hydrogen) atoms. The summed E-state index contributed by atoms with van der Waals surface area (Å²) in [7, 11) is 1.58. The van der Waals surface area contributed by atoms with Gasteiger partial charge in [0.1, 0.15) is 12.4 Å². The van der Waals surface area contributed by atoms with E-state index in [0.717, 1.165) is 18.7 Å². The molecule has 8 heteroatoms. The summed E-state index contributed by atoms with van der Waals surface area (Å²) in [5, 5.41) is 6.11. The molecule has 1 heterocycles. The van der Waals surface area contributed by atoms with Crippen molar-refractivity contribution in [3.8, 4) is 5.75 Å². The van der Waals surface area contributed by atoms with Crippen molar-refractivity contribution in [1.82, 2.24) is 5.32 Å². The van der Waals surface area contributed by atoms with Crippen molar-refractivity contribution in [3.05, 3.63) is 23.8 Å². The van der Waals surface area contributed by atoms with Crippen LogP contribution in [0.4, 0.5) is 14.5 Å². The second-order valence-corrected chi connectivity index (χ2v) is 6.10. The lowest BCUT2D eigenvalue weighted by molar-refractivity contribution is -0.130. The monoisotopic (exact) mass is 378 g/mol. The van der Waals surface area contributed by atoms with Gasteiger partial charge in [-0.1, -0.05) is 6.07 Å². The fraction of sp³-hybridized carbons (Fsp3) is 0.588. The molecule has 0 aliphatic carbocycles. The van der Waals surface area contributed by atoms with Crippen molar-refractivity contribution in [2.24, 2.45) is 5.41 Å². The fourth-order valence-electron chi connectivity index (χ4n) is 2.87. The molecule has 1 amide bonds. The van der Waals surface area contributed by atoms with E-state index in [0.29, 0.717) is 30.9 Å². The van der Waals surface area contributed by atoms with Crippen molar-refractivity contribution in [2.45, 2.75) is 26.2 Å². The number of aryl methyl sites for hydroxylation is 1. The lowest BCUT2D eigenvalue weighted by Gasteiger charge is -2.35. The summed E-state index contributed by atoms with van der Waals surface area (Å²) in [5.41, 5.74) is 0.695. The average molecular weight is 379 g/mol. The number of halogens is 3. The van der Waals surface area contributed by atoms with E-state index in [-0.39, 0.29) is 18.3 Å². The van der Waals surface area contributed by atoms with Gasteiger partial charge in [0.15, 0.2) is 0 Å². The second kappa shape index (κ2) is 9.89. The highest BCUT2D eigenvalue weighted by atomic mass is 35.5. The summed E-state index contributed by atoms with van der Waals surface area (Å²) in [6.07, 6.45) is -1.16. The van der Waals surface area contributed by atoms with Crippen molar-refractivity contribution >= 4 is 24.0 Å². The minimum Gasteiger partial charge on any atom is -0.487 e. The summed E-state index contributed by atoms with van der Waals surface area (Å²) >= 11 is 0. The molecule has 1 aliphatic heterocycles. The van der Waals surface area contributed by atoms with E-state index in [9.17, 15) is 13.6 Å². The number of alkyl halides is 2. The van der Waals surface area contributed by atoms with E-state index in [2.05, 4.69) is 10.6 Å². The fourth-order valence-corrected chi connectivity index (χ4v) is 2.87. The first-order valence-corrected chi connectivity index (χ1v) is 7.99. The van der Waals surface area contributed by atoms with E-state index in [1.54, 1.807) is 32.2 Å². The van der Waals surface area contributed by atoms with Crippen molar-refractivity contribution in [2.75, 3.05) is 38.7 Å². The van der Waals surface area contributed by atoms with E-state index >= 15 is 0 Å². The third kappa shape index (κ3) is 5.80. The summed E-state index contributed by atoms with van der Waals surface area (Å²) in [4.78, 5) is 12.8. The SMILES string of the molecule is COCC1(C(=O)Nc2ccc(C)c(OCC(F)F)c2)CCNCC1.Cl. The number of anilines is 1. The van der Waals surface area contributed by atoms with Crippen LogP contribution in [0.2, 0.25) is 0 Å². The molecular weight excluding hydrogens is 354 g/mol. The van der Waals surface area contributed by atoms with Gasteiger partial charge in [-0.05, 0) is 44.5 Å². The van der Waals surface area contributed by atoms with Gasteiger partial charge in [-0.15, -0.1) is 12.4 Å². The molecule has 1 aromatic rings. The average Bonchev–Trinajstić information content (AvgIpc) is 2.56. The van der Waals surface area contributed by atoms with Gasteiger partial charge < -0.3 is 20.1 Å². The van der Waals surface area contributed by atoms with Gasteiger partial charge >= 0.3 is 0 Å². The number of amides is 1. The molecule has 1 fully saturated rings. The highest BCUT2D eigenvalue weighted by Crippen LogP contribution is 2.32. The normalized spacial score (nSPS) is 16.2. The zero-order chi connectivity index (χ0) is 17.6. The van der Waals surface area contributed by atoms with Crippen molar-refractivity contribution in [3.63, 3.8) is 0 Å². The van der Waals surface area contributed by atoms with E-state index in [1.807, 2.05) is 0 Å². The van der Waals surface area contributed by atoms with Crippen LogP contribution in [0.25, 0.3) is 0 Å². The van der Waals surface area contributed by atoms with E-state index in [1.165, 1.54) is 0 Å². The summed E-state index contributed by atoms with van der Waals surface area (Å²) < 4.78 is 35.0. The van der Waals surface area contributed by atoms with E-state index < -0.39 is 18.4 Å². The lowest BCUT2D eigenvalue weighted by Crippen LogP contribution is -2.47. The van der Waals surface area contributed by atoms with Crippen LogP contribution in [0.1, 0.15) is 18.4 Å². The Balaban J connectivity index is 0.00000312. The molecular formula is C17H25ClF2N2O3. The predicted octanol–water partition coefficient (Wildman–Crippen LogP) is 3.02. The van der Waals surface area contributed by atoms with Crippen LogP contribution < -0.4 is 15.4 Å². The van der Waals surface area contributed by atoms with Crippen LogP contribution in [-0.2, 0) is 9.53 Å². The molecule has 0 spiro atoms. The second-order valence-electron chi connectivity index (χ2n) is 6.10. The molecule has 0 bridgehead atoms. The molecule has 0 atom stereocenters. The number of hydrogen-bond acceptors (Lipinski definition) is 4. The number of benzene rings is 1. The lowest BCUT2D eigenvalue weighted by atomic mass is 9.78. The number of nitrogens with one attached hydrogen (secondary N) is 2. The first kappa shape index (κ1) is 21.6. The standard InChI is InChI=1S/C17H24F2N2O3.ClH/c1-12-3-4-13(9-14(12)24-10-15(18)19)21-16(22)17(11-23-2)5-7-20-8-6-17;/h3-4,9,15,20H,5-8,10-11H2,1-2H3,(H,21,22);1H. The Morgan fingerprint density at radius 2 is 2.04 bits per heavy atom. The Bertz CT molecular complexity index is 561. The van der Waals surface area contributed by atoms with Gasteiger partial charge in [0.25, 0.3) is 6.43 Å². The number of hydrogen-bond donors (Lipinski definition) is 2. The predicted molar refractivity (Wildman–Crippen MR) is 95.0 cm³/mol. The van der Waals surface area contributed by atoms with Gasteiger partial charge in [0.2, 0.25) is 5.91 Å². The van der Waals surface area contributed by atoms with E-state index in [4.69, 9.17) is 9.47 Å². The molecule has 0 saturated carbocycles. The first-order chi connectivity index (χ1) is 11.5. The van der Waals surface area contributed by atoms with Crippen LogP contribution in [0.3, 0.4) is 0 Å². The van der Waals surface area contributed by atoms with Crippen LogP contribution in [-0.4, -0.2) is 45.7 Å². The maximum absolute atomic E-state index is 12.8. The third-order valence-electron chi connectivity index (χ3n) is 4.27. The molecule has 0 unspecified atom stereocenters. The molecule has 5 nitrogen and oxygen atoms in total. The first-order valence-electron chi connectivity index (χ1n) is 7.99. The largest absolute Gasteiger partial charge is 0.487 e. The number of carbonyl (C=O) groups excluding carboxylic acids is 1. The van der Waals surface area contributed by atoms with Gasteiger partial charge in [-0.2, -0.15) is 0 Å². The quantitative estimate of drug-likeness (QED) is 0.765. The van der Waals surface area contributed by atoms with Crippen LogP contribution in [0.5, 0.6) is 5.75 Å². The Hall–Kier alpha value is -1.44. The molecule has 142 valence electrons. The van der Waals surface area contributed by atoms with Gasteiger partial charge in [0.05, 0.1) is 12.0 Å². The number of ether oxygens (including phenoxy) is 2. The highest BCUT2D eigenvalue weighted by Gasteiger charge is 2.39. The summed E-state index contributed by atoms with van der Waals surface area (Å²) in [5.74, 6) is 0.230. The van der Waals surface area contributed by atoms with Crippen molar-refractivity contribution in [1.29, 1.82) is 0 Å². The van der Waals surface area contributed by atoms with Crippen LogP contribution >= 0.6 is 12.4 Å². The topological polar surface area (TPSA) is 59.6 Å². The van der Waals surface area contributed by atoms with Crippen LogP contribution in [0.15, 0.2) is 18.2 Å². The maximum atomic E-state index is 12.8. The molecule has 1 saturated heterocycles. The zero-order valence-corrected chi connectivity index (χ0v) is 15.3. The van der Waals surface area contributed by atoms with Gasteiger partial charge in [-0.3, -0.25) is 4.79 Å². The molecule has 2 N–H and O–H groups in total. The Labute approximate surface area is 152 Å². The Kier molecular flexibility index (Phi) is 8.55. The minimum absolute atomic E-state index is 0. The molecule has 0 radical (unpaired) electrons. The van der Waals surface area contributed by atoms with Crippen LogP contribution in [0, 0.1) is 12.3 Å². The Morgan fingerprint density at radius 3 is 2.64 bits per heavy atom. The number of piperidine rings is 1. The summed E-state index contributed by atoms with van der Waals surface area (Å²) in [6, 6.07) is 5.06. The smallest absolute Gasteiger partial charge is 0.272 e. The zero-order valence-electron chi connectivity index (χ0n) is 14.4. The van der Waals surface area contributed by atoms with Crippen molar-refractivity contribution < 1.29 is 23.0 Å². The van der Waals surface area contributed by atoms with Gasteiger partial charge in [-0.25, -0.2) is 8.78 Å². The summed E-state index contributed by atoms with van der Waals surface area (Å²) in [6.45, 7) is 2.96. The molecule has 2 rings (SSSR count). The number of rotatable bonds is 7. The highest BCUT2D eigenvalue weighted by molar-refractivity contribution is 5.95. The third-order valence-corrected chi connectivity index (χ3v) is 4.27. The maximum Gasteiger partial charge on any atom is 0.272 e. The number of methoxy groups -OCH3 is 1. The molecule has 0 aromatic heterocycles. The molecule has 1 aromatic carbocycles. The van der Waals surface area contributed by atoms with Gasteiger partial charge in [0, 0.05) is 18.9 Å².